The van der Waals surface area contributed by atoms with Gasteiger partial charge in [0.15, 0.2) is 17.2 Å². The fourth-order valence-electron chi connectivity index (χ4n) is 4.94. The van der Waals surface area contributed by atoms with Crippen LogP contribution in [0.4, 0.5) is 27.8 Å². The van der Waals surface area contributed by atoms with Crippen LogP contribution in [0.1, 0.15) is 24.2 Å². The second-order valence-corrected chi connectivity index (χ2v) is 10.4. The van der Waals surface area contributed by atoms with Gasteiger partial charge in [-0.15, -0.1) is 24.5 Å². The van der Waals surface area contributed by atoms with E-state index in [0.29, 0.717) is 21.7 Å². The SMILES string of the molecule is Cc1csc2cc([C@H](C)n3nc(-c4ccc(OC(F)(F)F)c(F)c4)c4c(N)ncnc43)c(-c3cccc(F)c3)c(=O)n12. The number of hydrogen-bond acceptors (Lipinski definition) is 7. The van der Waals surface area contributed by atoms with Crippen molar-refractivity contribution >= 4 is 33.0 Å². The van der Waals surface area contributed by atoms with Gasteiger partial charge in [-0.25, -0.2) is 23.4 Å². The van der Waals surface area contributed by atoms with Gasteiger partial charge in [0.1, 0.15) is 28.5 Å². The minimum Gasteiger partial charge on any atom is -0.403 e. The molecule has 6 rings (SSSR count). The number of rotatable bonds is 5. The number of pyridine rings is 1. The molecule has 0 radical (unpaired) electrons. The Kier molecular flexibility index (Phi) is 6.44. The molecule has 14 heteroatoms. The highest BCUT2D eigenvalue weighted by Gasteiger charge is 2.33. The number of benzene rings is 2. The number of halogens is 5. The summed E-state index contributed by atoms with van der Waals surface area (Å²) < 4.78 is 73.8. The molecule has 0 bridgehead atoms. The third kappa shape index (κ3) is 4.62. The van der Waals surface area contributed by atoms with Gasteiger partial charge in [0.05, 0.1) is 17.0 Å². The molecule has 6 aromatic rings. The molecule has 0 fully saturated rings. The number of fused-ring (bicyclic) bond motifs is 2. The maximum absolute atomic E-state index is 14.7. The van der Waals surface area contributed by atoms with Crippen molar-refractivity contribution in [2.45, 2.75) is 26.3 Å². The largest absolute Gasteiger partial charge is 0.573 e. The summed E-state index contributed by atoms with van der Waals surface area (Å²) in [7, 11) is 0. The van der Waals surface area contributed by atoms with E-state index in [0.717, 1.165) is 12.1 Å². The summed E-state index contributed by atoms with van der Waals surface area (Å²) in [5.41, 5.74) is 8.05. The van der Waals surface area contributed by atoms with Crippen LogP contribution in [-0.2, 0) is 0 Å². The van der Waals surface area contributed by atoms with E-state index in [-0.39, 0.29) is 39.2 Å². The monoisotopic (exact) mass is 598 g/mol. The number of nitrogen functional groups attached to an aromatic ring is 1. The standard InChI is InChI=1S/C28H19F5N6O2S/c1-13-11-42-21-10-18(22(27(40)38(13)21)15-4-3-5-17(29)8-15)14(2)39-26-23(25(34)35-12-36-26)24(37-39)16-6-7-20(19(30)9-16)41-28(31,32)33/h3-12,14H,1-2H3,(H2,34,35,36)/t14-/m0/s1. The van der Waals surface area contributed by atoms with E-state index in [9.17, 15) is 26.7 Å². The van der Waals surface area contributed by atoms with Crippen LogP contribution in [-0.4, -0.2) is 30.5 Å². The number of aryl methyl sites for hydroxylation is 1. The Morgan fingerprint density at radius 3 is 2.55 bits per heavy atom. The minimum atomic E-state index is -5.08. The summed E-state index contributed by atoms with van der Waals surface area (Å²) in [4.78, 5) is 22.8. The lowest BCUT2D eigenvalue weighted by molar-refractivity contribution is -0.275. The van der Waals surface area contributed by atoms with Gasteiger partial charge in [-0.2, -0.15) is 5.10 Å². The van der Waals surface area contributed by atoms with Crippen LogP contribution in [0, 0.1) is 18.6 Å². The number of hydrogen-bond donors (Lipinski definition) is 1. The Hall–Kier alpha value is -4.85. The summed E-state index contributed by atoms with van der Waals surface area (Å²) in [6.07, 6.45) is -3.87. The molecule has 4 aromatic heterocycles. The Labute approximate surface area is 237 Å². The second kappa shape index (κ2) is 9.91. The molecule has 0 unspecified atom stereocenters. The van der Waals surface area contributed by atoms with Crippen LogP contribution in [0.5, 0.6) is 5.75 Å². The Balaban J connectivity index is 1.57. The van der Waals surface area contributed by atoms with E-state index in [2.05, 4.69) is 19.8 Å². The highest BCUT2D eigenvalue weighted by molar-refractivity contribution is 7.15. The Morgan fingerprint density at radius 2 is 1.83 bits per heavy atom. The average Bonchev–Trinajstić information content (AvgIpc) is 3.50. The number of alkyl halides is 3. The second-order valence-electron chi connectivity index (χ2n) is 9.46. The van der Waals surface area contributed by atoms with E-state index in [1.54, 1.807) is 24.3 Å². The molecule has 214 valence electrons. The van der Waals surface area contributed by atoms with E-state index >= 15 is 0 Å². The van der Waals surface area contributed by atoms with Crippen LogP contribution in [0.2, 0.25) is 0 Å². The molecule has 42 heavy (non-hydrogen) atoms. The lowest BCUT2D eigenvalue weighted by Crippen LogP contribution is -2.21. The molecule has 0 spiro atoms. The first kappa shape index (κ1) is 27.3. The van der Waals surface area contributed by atoms with Gasteiger partial charge in [0.2, 0.25) is 0 Å². The quantitative estimate of drug-likeness (QED) is 0.227. The summed E-state index contributed by atoms with van der Waals surface area (Å²) in [6, 6.07) is 9.66. The van der Waals surface area contributed by atoms with Gasteiger partial charge < -0.3 is 10.5 Å². The number of nitrogens with two attached hydrogens (primary N) is 1. The zero-order chi connectivity index (χ0) is 29.9. The molecule has 0 saturated heterocycles. The van der Waals surface area contributed by atoms with E-state index in [1.165, 1.54) is 46.6 Å². The molecule has 1 atom stereocenters. The third-order valence-corrected chi connectivity index (χ3v) is 7.79. The third-order valence-electron chi connectivity index (χ3n) is 6.79. The highest BCUT2D eigenvalue weighted by atomic mass is 32.1. The van der Waals surface area contributed by atoms with Crippen LogP contribution in [0.25, 0.3) is 38.2 Å². The van der Waals surface area contributed by atoms with Crippen molar-refractivity contribution in [3.05, 3.63) is 93.5 Å². The molecule has 0 aliphatic heterocycles. The summed E-state index contributed by atoms with van der Waals surface area (Å²) in [6.45, 7) is 3.55. The first-order valence-electron chi connectivity index (χ1n) is 12.4. The smallest absolute Gasteiger partial charge is 0.403 e. The van der Waals surface area contributed by atoms with Crippen LogP contribution >= 0.6 is 11.3 Å². The summed E-state index contributed by atoms with van der Waals surface area (Å²) in [5.74, 6) is -2.80. The maximum Gasteiger partial charge on any atom is 0.573 e. The molecule has 8 nitrogen and oxygen atoms in total. The molecule has 2 aromatic carbocycles. The number of ether oxygens (including phenoxy) is 1. The summed E-state index contributed by atoms with van der Waals surface area (Å²) in [5, 5.41) is 6.69. The zero-order valence-corrected chi connectivity index (χ0v) is 22.6. The molecule has 0 saturated carbocycles. The fourth-order valence-corrected chi connectivity index (χ4v) is 5.87. The van der Waals surface area contributed by atoms with Crippen molar-refractivity contribution in [3.8, 4) is 28.1 Å². The average molecular weight is 599 g/mol. The van der Waals surface area contributed by atoms with Crippen molar-refractivity contribution in [1.29, 1.82) is 0 Å². The van der Waals surface area contributed by atoms with Crippen molar-refractivity contribution in [3.63, 3.8) is 0 Å². The molecule has 2 N–H and O–H groups in total. The molecular formula is C28H19F5N6O2S. The van der Waals surface area contributed by atoms with E-state index in [1.807, 2.05) is 11.4 Å². The highest BCUT2D eigenvalue weighted by Crippen LogP contribution is 2.37. The number of nitrogens with zero attached hydrogens (tertiary/aromatic N) is 5. The Morgan fingerprint density at radius 1 is 1.05 bits per heavy atom. The number of anilines is 1. The first-order chi connectivity index (χ1) is 19.9. The maximum atomic E-state index is 14.7. The van der Waals surface area contributed by atoms with Crippen molar-refractivity contribution < 1.29 is 26.7 Å². The van der Waals surface area contributed by atoms with Crippen molar-refractivity contribution in [2.75, 3.05) is 5.73 Å². The Bertz CT molecular complexity index is 2070. The number of thiazole rings is 1. The molecule has 0 aliphatic rings. The lowest BCUT2D eigenvalue weighted by atomic mass is 9.97. The van der Waals surface area contributed by atoms with Crippen molar-refractivity contribution in [2.24, 2.45) is 0 Å². The van der Waals surface area contributed by atoms with Gasteiger partial charge >= 0.3 is 6.36 Å². The van der Waals surface area contributed by atoms with Gasteiger partial charge in [-0.05, 0) is 61.4 Å². The van der Waals surface area contributed by atoms with Crippen LogP contribution in [0.15, 0.2) is 65.0 Å². The number of aromatic nitrogens is 5. The van der Waals surface area contributed by atoms with Gasteiger partial charge in [0, 0.05) is 16.6 Å². The predicted octanol–water partition coefficient (Wildman–Crippen LogP) is 6.51. The minimum absolute atomic E-state index is 0.000710. The van der Waals surface area contributed by atoms with Crippen LogP contribution in [0.3, 0.4) is 0 Å². The van der Waals surface area contributed by atoms with E-state index < -0.39 is 29.8 Å². The van der Waals surface area contributed by atoms with E-state index in [4.69, 9.17) is 5.73 Å². The van der Waals surface area contributed by atoms with Gasteiger partial charge in [0.25, 0.3) is 5.56 Å². The van der Waals surface area contributed by atoms with Crippen molar-refractivity contribution in [1.82, 2.24) is 24.1 Å². The van der Waals surface area contributed by atoms with Gasteiger partial charge in [-0.1, -0.05) is 12.1 Å². The molecule has 0 aliphatic carbocycles. The topological polar surface area (TPSA) is 100 Å². The lowest BCUT2D eigenvalue weighted by Gasteiger charge is -2.18. The zero-order valence-electron chi connectivity index (χ0n) is 21.8. The normalized spacial score (nSPS) is 12.7. The molecule has 4 heterocycles. The first-order valence-corrected chi connectivity index (χ1v) is 13.2. The fraction of sp³-hybridized carbons (Fsp3) is 0.143. The van der Waals surface area contributed by atoms with Gasteiger partial charge in [-0.3, -0.25) is 9.20 Å². The molecular weight excluding hydrogens is 579 g/mol. The molecule has 0 amide bonds. The predicted molar refractivity (Wildman–Crippen MR) is 147 cm³/mol. The van der Waals surface area contributed by atoms with Crippen LogP contribution < -0.4 is 16.0 Å². The summed E-state index contributed by atoms with van der Waals surface area (Å²) >= 11 is 1.36.